The number of amides is 1. The topological polar surface area (TPSA) is 47.6 Å². The van der Waals surface area contributed by atoms with Crippen molar-refractivity contribution in [2.45, 2.75) is 6.92 Å². The van der Waals surface area contributed by atoms with Gasteiger partial charge < -0.3 is 14.8 Å². The van der Waals surface area contributed by atoms with Crippen LogP contribution in [0.15, 0.2) is 36.4 Å². The SMILES string of the molecule is Cc1ccc(/C=C/C(=O)Nc2ccc3c(c2)OCCO3)s1. The van der Waals surface area contributed by atoms with Crippen LogP contribution in [-0.2, 0) is 4.79 Å². The summed E-state index contributed by atoms with van der Waals surface area (Å²) < 4.78 is 10.9. The van der Waals surface area contributed by atoms with Gasteiger partial charge >= 0.3 is 0 Å². The van der Waals surface area contributed by atoms with Crippen molar-refractivity contribution in [1.29, 1.82) is 0 Å². The number of anilines is 1. The molecular weight excluding hydrogens is 286 g/mol. The Morgan fingerprint density at radius 2 is 2.00 bits per heavy atom. The van der Waals surface area contributed by atoms with Gasteiger partial charge in [0.2, 0.25) is 5.91 Å². The standard InChI is InChI=1S/C16H15NO3S/c1-11-2-4-13(21-11)5-7-16(18)17-12-3-6-14-15(10-12)20-9-8-19-14/h2-7,10H,8-9H2,1H3,(H,17,18)/b7-5+. The number of ether oxygens (including phenoxy) is 2. The second kappa shape index (κ2) is 6.01. The fourth-order valence-corrected chi connectivity index (χ4v) is 2.79. The van der Waals surface area contributed by atoms with Crippen LogP contribution in [0.5, 0.6) is 11.5 Å². The smallest absolute Gasteiger partial charge is 0.248 e. The number of hydrogen-bond donors (Lipinski definition) is 1. The van der Waals surface area contributed by atoms with Gasteiger partial charge in [-0.15, -0.1) is 11.3 Å². The van der Waals surface area contributed by atoms with E-state index in [4.69, 9.17) is 9.47 Å². The molecule has 0 atom stereocenters. The molecule has 0 aliphatic carbocycles. The Labute approximate surface area is 127 Å². The molecule has 2 heterocycles. The summed E-state index contributed by atoms with van der Waals surface area (Å²) in [5.74, 6) is 1.21. The molecule has 108 valence electrons. The van der Waals surface area contributed by atoms with Crippen molar-refractivity contribution in [2.75, 3.05) is 18.5 Å². The van der Waals surface area contributed by atoms with E-state index in [9.17, 15) is 4.79 Å². The summed E-state index contributed by atoms with van der Waals surface area (Å²) in [4.78, 5) is 14.2. The Kier molecular flexibility index (Phi) is 3.92. The lowest BCUT2D eigenvalue weighted by Gasteiger charge is -2.18. The first-order chi connectivity index (χ1) is 10.2. The minimum atomic E-state index is -0.169. The third-order valence-electron chi connectivity index (χ3n) is 2.97. The maximum absolute atomic E-state index is 11.9. The van der Waals surface area contributed by atoms with Crippen LogP contribution in [0.2, 0.25) is 0 Å². The highest BCUT2D eigenvalue weighted by atomic mass is 32.1. The summed E-state index contributed by atoms with van der Waals surface area (Å²) in [6, 6.07) is 9.40. The van der Waals surface area contributed by atoms with Gasteiger partial charge in [-0.2, -0.15) is 0 Å². The number of nitrogens with one attached hydrogen (secondary N) is 1. The molecule has 2 aromatic rings. The number of hydrogen-bond acceptors (Lipinski definition) is 4. The molecule has 1 aliphatic heterocycles. The molecule has 0 unspecified atom stereocenters. The minimum absolute atomic E-state index is 0.169. The molecule has 21 heavy (non-hydrogen) atoms. The number of carbonyl (C=O) groups excluding carboxylic acids is 1. The third-order valence-corrected chi connectivity index (χ3v) is 3.94. The van der Waals surface area contributed by atoms with Gasteiger partial charge in [-0.1, -0.05) is 0 Å². The summed E-state index contributed by atoms with van der Waals surface area (Å²) in [5.41, 5.74) is 0.691. The molecule has 1 N–H and O–H groups in total. The Balaban J connectivity index is 1.66. The zero-order valence-corrected chi connectivity index (χ0v) is 12.4. The van der Waals surface area contributed by atoms with Gasteiger partial charge in [-0.05, 0) is 37.3 Å². The molecule has 1 aromatic carbocycles. The molecule has 0 fully saturated rings. The highest BCUT2D eigenvalue weighted by Gasteiger charge is 2.12. The zero-order valence-electron chi connectivity index (χ0n) is 11.6. The number of aryl methyl sites for hydroxylation is 1. The second-order valence-electron chi connectivity index (χ2n) is 4.63. The molecule has 0 bridgehead atoms. The largest absolute Gasteiger partial charge is 0.486 e. The first-order valence-electron chi connectivity index (χ1n) is 6.66. The summed E-state index contributed by atoms with van der Waals surface area (Å²) in [5, 5.41) is 2.81. The molecular formula is C16H15NO3S. The first kappa shape index (κ1) is 13.7. The van der Waals surface area contributed by atoms with Gasteiger partial charge in [-0.25, -0.2) is 0 Å². The fourth-order valence-electron chi connectivity index (χ4n) is 2.01. The van der Waals surface area contributed by atoms with E-state index in [0.717, 1.165) is 4.88 Å². The quantitative estimate of drug-likeness (QED) is 0.883. The summed E-state index contributed by atoms with van der Waals surface area (Å²) >= 11 is 1.65. The Morgan fingerprint density at radius 1 is 1.19 bits per heavy atom. The average molecular weight is 301 g/mol. The van der Waals surface area contributed by atoms with E-state index in [2.05, 4.69) is 5.32 Å². The van der Waals surface area contributed by atoms with Crippen LogP contribution in [0.25, 0.3) is 6.08 Å². The summed E-state index contributed by atoms with van der Waals surface area (Å²) in [6.45, 7) is 3.13. The van der Waals surface area contributed by atoms with E-state index < -0.39 is 0 Å². The summed E-state index contributed by atoms with van der Waals surface area (Å²) in [7, 11) is 0. The van der Waals surface area contributed by atoms with Crippen molar-refractivity contribution in [1.82, 2.24) is 0 Å². The van der Waals surface area contributed by atoms with E-state index in [-0.39, 0.29) is 5.91 Å². The van der Waals surface area contributed by atoms with Crippen LogP contribution in [0.3, 0.4) is 0 Å². The van der Waals surface area contributed by atoms with Crippen molar-refractivity contribution in [3.05, 3.63) is 46.2 Å². The Hall–Kier alpha value is -2.27. The van der Waals surface area contributed by atoms with Crippen molar-refractivity contribution >= 4 is 29.0 Å². The lowest BCUT2D eigenvalue weighted by atomic mass is 10.2. The molecule has 1 aromatic heterocycles. The monoisotopic (exact) mass is 301 g/mol. The lowest BCUT2D eigenvalue weighted by Crippen LogP contribution is -2.16. The fraction of sp³-hybridized carbons (Fsp3) is 0.188. The average Bonchev–Trinajstić information content (AvgIpc) is 2.91. The van der Waals surface area contributed by atoms with E-state index in [1.165, 1.54) is 11.0 Å². The molecule has 0 saturated heterocycles. The number of thiophene rings is 1. The molecule has 1 aliphatic rings. The molecule has 5 heteroatoms. The van der Waals surface area contributed by atoms with Gasteiger partial charge in [-0.3, -0.25) is 4.79 Å². The number of rotatable bonds is 3. The Bertz CT molecular complexity index is 691. The highest BCUT2D eigenvalue weighted by Crippen LogP contribution is 2.32. The first-order valence-corrected chi connectivity index (χ1v) is 7.47. The molecule has 0 saturated carbocycles. The van der Waals surface area contributed by atoms with Crippen molar-refractivity contribution in [3.8, 4) is 11.5 Å². The molecule has 1 amide bonds. The van der Waals surface area contributed by atoms with Gasteiger partial charge in [0.1, 0.15) is 13.2 Å². The molecule has 0 spiro atoms. The van der Waals surface area contributed by atoms with Gasteiger partial charge in [0.05, 0.1) is 0 Å². The van der Waals surface area contributed by atoms with Crippen LogP contribution < -0.4 is 14.8 Å². The van der Waals surface area contributed by atoms with Gasteiger partial charge in [0, 0.05) is 27.6 Å². The second-order valence-corrected chi connectivity index (χ2v) is 5.95. The van der Waals surface area contributed by atoms with E-state index >= 15 is 0 Å². The van der Waals surface area contributed by atoms with Gasteiger partial charge in [0.25, 0.3) is 0 Å². The third kappa shape index (κ3) is 3.44. The highest BCUT2D eigenvalue weighted by molar-refractivity contribution is 7.12. The van der Waals surface area contributed by atoms with E-state index in [0.29, 0.717) is 30.4 Å². The van der Waals surface area contributed by atoms with Crippen LogP contribution in [0.4, 0.5) is 5.69 Å². The van der Waals surface area contributed by atoms with Crippen LogP contribution in [-0.4, -0.2) is 19.1 Å². The maximum Gasteiger partial charge on any atom is 0.248 e. The van der Waals surface area contributed by atoms with Crippen LogP contribution in [0, 0.1) is 6.92 Å². The predicted molar refractivity (Wildman–Crippen MR) is 84.2 cm³/mol. The van der Waals surface area contributed by atoms with Crippen molar-refractivity contribution < 1.29 is 14.3 Å². The number of carbonyl (C=O) groups is 1. The molecule has 0 radical (unpaired) electrons. The Morgan fingerprint density at radius 3 is 2.76 bits per heavy atom. The maximum atomic E-state index is 11.9. The van der Waals surface area contributed by atoms with E-state index in [1.807, 2.05) is 25.1 Å². The van der Waals surface area contributed by atoms with E-state index in [1.54, 1.807) is 29.5 Å². The van der Waals surface area contributed by atoms with Crippen LogP contribution in [0.1, 0.15) is 9.75 Å². The van der Waals surface area contributed by atoms with Crippen LogP contribution >= 0.6 is 11.3 Å². The zero-order chi connectivity index (χ0) is 14.7. The number of benzene rings is 1. The minimum Gasteiger partial charge on any atom is -0.486 e. The number of fused-ring (bicyclic) bond motifs is 1. The lowest BCUT2D eigenvalue weighted by molar-refractivity contribution is -0.111. The van der Waals surface area contributed by atoms with Gasteiger partial charge in [0.15, 0.2) is 11.5 Å². The molecule has 4 nitrogen and oxygen atoms in total. The summed E-state index contributed by atoms with van der Waals surface area (Å²) in [6.07, 6.45) is 3.34. The van der Waals surface area contributed by atoms with Crippen molar-refractivity contribution in [3.63, 3.8) is 0 Å². The van der Waals surface area contributed by atoms with Crippen molar-refractivity contribution in [2.24, 2.45) is 0 Å². The normalized spacial score (nSPS) is 13.4. The predicted octanol–water partition coefficient (Wildman–Crippen LogP) is 3.48. The molecule has 3 rings (SSSR count).